The lowest BCUT2D eigenvalue weighted by molar-refractivity contribution is 0.0951. The molecule has 132 valence electrons. The summed E-state index contributed by atoms with van der Waals surface area (Å²) in [6.45, 7) is 2.19. The number of sulfonamides is 1. The second-order valence-electron chi connectivity index (χ2n) is 6.23. The maximum Gasteiger partial charge on any atom is 0.251 e. The maximum absolute atomic E-state index is 12.4. The molecule has 0 aliphatic carbocycles. The van der Waals surface area contributed by atoms with Crippen molar-refractivity contribution in [2.75, 3.05) is 10.6 Å². The fraction of sp³-hybridized carbons (Fsp3) is 0.278. The molecule has 1 heterocycles. The third kappa shape index (κ3) is 3.65. The summed E-state index contributed by atoms with van der Waals surface area (Å²) in [6.07, 6.45) is 1.79. The first kappa shape index (κ1) is 17.8. The number of hydrogen-bond acceptors (Lipinski definition) is 3. The van der Waals surface area contributed by atoms with Crippen molar-refractivity contribution in [2.24, 2.45) is 0 Å². The van der Waals surface area contributed by atoms with Gasteiger partial charge in [-0.25, -0.2) is 8.42 Å². The zero-order valence-electron chi connectivity index (χ0n) is 14.0. The first-order valence-corrected chi connectivity index (χ1v) is 10.1. The van der Waals surface area contributed by atoms with Crippen LogP contribution in [-0.4, -0.2) is 26.6 Å². The third-order valence-corrected chi connectivity index (χ3v) is 5.89. The van der Waals surface area contributed by atoms with Crippen molar-refractivity contribution in [3.63, 3.8) is 0 Å². The van der Waals surface area contributed by atoms with E-state index in [4.69, 9.17) is 11.6 Å². The minimum absolute atomic E-state index is 0.147. The molecule has 0 saturated carbocycles. The second-order valence-corrected chi connectivity index (χ2v) is 8.50. The number of carbonyl (C=O) groups excluding carboxylic acids is 1. The number of anilines is 1. The number of amides is 1. The van der Waals surface area contributed by atoms with Crippen LogP contribution in [0.15, 0.2) is 42.5 Å². The maximum atomic E-state index is 12.4. The molecule has 1 amide bonds. The molecule has 2 aromatic carbocycles. The fourth-order valence-electron chi connectivity index (χ4n) is 3.17. The quantitative estimate of drug-likeness (QED) is 0.889. The highest BCUT2D eigenvalue weighted by Crippen LogP contribution is 2.34. The van der Waals surface area contributed by atoms with Gasteiger partial charge in [0.05, 0.1) is 11.9 Å². The van der Waals surface area contributed by atoms with E-state index in [2.05, 4.69) is 5.32 Å². The number of nitrogens with one attached hydrogen (secondary N) is 1. The molecule has 5 nitrogen and oxygen atoms in total. The molecule has 0 fully saturated rings. The average Bonchev–Trinajstić information content (AvgIpc) is 2.88. The molecule has 1 aliphatic heterocycles. The molecule has 1 atom stereocenters. The van der Waals surface area contributed by atoms with Gasteiger partial charge >= 0.3 is 0 Å². The predicted molar refractivity (Wildman–Crippen MR) is 99.6 cm³/mol. The molecular formula is C18H19ClN2O3S. The van der Waals surface area contributed by atoms with E-state index in [1.807, 2.05) is 25.1 Å². The number of carbonyl (C=O) groups is 1. The molecule has 0 aromatic heterocycles. The molecule has 2 aromatic rings. The van der Waals surface area contributed by atoms with Crippen LogP contribution in [0, 0.1) is 0 Å². The summed E-state index contributed by atoms with van der Waals surface area (Å²) < 4.78 is 25.3. The first-order valence-electron chi connectivity index (χ1n) is 7.91. The number of rotatable bonds is 4. The minimum atomic E-state index is -3.33. The van der Waals surface area contributed by atoms with E-state index < -0.39 is 10.0 Å². The van der Waals surface area contributed by atoms with E-state index in [1.165, 1.54) is 10.6 Å². The van der Waals surface area contributed by atoms with Gasteiger partial charge in [0.2, 0.25) is 10.0 Å². The van der Waals surface area contributed by atoms with Crippen molar-refractivity contribution in [1.82, 2.24) is 5.32 Å². The molecule has 0 radical (unpaired) electrons. The Kier molecular flexibility index (Phi) is 4.75. The summed E-state index contributed by atoms with van der Waals surface area (Å²) in [7, 11) is -3.33. The Labute approximate surface area is 152 Å². The Morgan fingerprint density at radius 3 is 2.68 bits per heavy atom. The number of hydrogen-bond donors (Lipinski definition) is 1. The summed E-state index contributed by atoms with van der Waals surface area (Å²) in [5.74, 6) is -0.215. The van der Waals surface area contributed by atoms with Gasteiger partial charge in [-0.15, -0.1) is 0 Å². The largest absolute Gasteiger partial charge is 0.348 e. The minimum Gasteiger partial charge on any atom is -0.348 e. The molecule has 1 aliphatic rings. The van der Waals surface area contributed by atoms with Crippen LogP contribution in [-0.2, 0) is 23.0 Å². The van der Waals surface area contributed by atoms with Gasteiger partial charge in [-0.3, -0.25) is 9.10 Å². The van der Waals surface area contributed by atoms with Crippen molar-refractivity contribution >= 4 is 33.2 Å². The first-order chi connectivity index (χ1) is 11.8. The van der Waals surface area contributed by atoms with Crippen molar-refractivity contribution < 1.29 is 13.2 Å². The van der Waals surface area contributed by atoms with E-state index in [0.717, 1.165) is 11.1 Å². The van der Waals surface area contributed by atoms with Crippen LogP contribution in [0.3, 0.4) is 0 Å². The molecule has 0 spiro atoms. The van der Waals surface area contributed by atoms with E-state index in [1.54, 1.807) is 24.3 Å². The van der Waals surface area contributed by atoms with Crippen LogP contribution in [0.4, 0.5) is 5.69 Å². The lowest BCUT2D eigenvalue weighted by Gasteiger charge is -2.21. The molecule has 0 bridgehead atoms. The van der Waals surface area contributed by atoms with E-state index in [9.17, 15) is 13.2 Å². The Morgan fingerprint density at radius 1 is 1.28 bits per heavy atom. The second kappa shape index (κ2) is 6.69. The molecule has 25 heavy (non-hydrogen) atoms. The van der Waals surface area contributed by atoms with Gasteiger partial charge in [0.25, 0.3) is 5.91 Å². The fourth-order valence-corrected chi connectivity index (χ4v) is 4.63. The highest BCUT2D eigenvalue weighted by molar-refractivity contribution is 7.92. The standard InChI is InChI=1S/C18H19ClN2O3S/c1-12-9-15-10-13(7-8-17(15)21(12)25(2,23)24)18(22)20-11-14-5-3-4-6-16(14)19/h3-8,10,12H,9,11H2,1-2H3,(H,20,22). The lowest BCUT2D eigenvalue weighted by Crippen LogP contribution is -2.34. The van der Waals surface area contributed by atoms with Crippen LogP contribution >= 0.6 is 11.6 Å². The Morgan fingerprint density at radius 2 is 2.00 bits per heavy atom. The van der Waals surface area contributed by atoms with Gasteiger partial charge in [0, 0.05) is 23.2 Å². The molecule has 0 saturated heterocycles. The highest BCUT2D eigenvalue weighted by atomic mass is 35.5. The van der Waals surface area contributed by atoms with Gasteiger partial charge in [-0.05, 0) is 48.7 Å². The molecule has 1 N–H and O–H groups in total. The van der Waals surface area contributed by atoms with Gasteiger partial charge < -0.3 is 5.32 Å². The summed E-state index contributed by atoms with van der Waals surface area (Å²) in [5, 5.41) is 3.45. The number of nitrogens with zero attached hydrogens (tertiary/aromatic N) is 1. The van der Waals surface area contributed by atoms with Crippen LogP contribution in [0.2, 0.25) is 5.02 Å². The zero-order valence-corrected chi connectivity index (χ0v) is 15.6. The Balaban J connectivity index is 1.78. The van der Waals surface area contributed by atoms with Crippen LogP contribution < -0.4 is 9.62 Å². The smallest absolute Gasteiger partial charge is 0.251 e. The van der Waals surface area contributed by atoms with Gasteiger partial charge in [0.1, 0.15) is 0 Å². The van der Waals surface area contributed by atoms with Gasteiger partial charge in [-0.1, -0.05) is 29.8 Å². The molecule has 7 heteroatoms. The van der Waals surface area contributed by atoms with Crippen molar-refractivity contribution in [1.29, 1.82) is 0 Å². The zero-order chi connectivity index (χ0) is 18.2. The topological polar surface area (TPSA) is 66.5 Å². The van der Waals surface area contributed by atoms with Crippen LogP contribution in [0.5, 0.6) is 0 Å². The SMILES string of the molecule is CC1Cc2cc(C(=O)NCc3ccccc3Cl)ccc2N1S(C)(=O)=O. The highest BCUT2D eigenvalue weighted by Gasteiger charge is 2.32. The Bertz CT molecular complexity index is 928. The monoisotopic (exact) mass is 378 g/mol. The number of benzene rings is 2. The average molecular weight is 379 g/mol. The van der Waals surface area contributed by atoms with E-state index in [0.29, 0.717) is 29.2 Å². The Hall–Kier alpha value is -2.05. The summed E-state index contributed by atoms with van der Waals surface area (Å²) in [6, 6.07) is 12.3. The molecule has 3 rings (SSSR count). The van der Waals surface area contributed by atoms with Crippen LogP contribution in [0.1, 0.15) is 28.4 Å². The number of fused-ring (bicyclic) bond motifs is 1. The summed E-state index contributed by atoms with van der Waals surface area (Å²) in [4.78, 5) is 12.4. The van der Waals surface area contributed by atoms with E-state index >= 15 is 0 Å². The van der Waals surface area contributed by atoms with Crippen molar-refractivity contribution in [3.05, 3.63) is 64.2 Å². The number of halogens is 1. The van der Waals surface area contributed by atoms with Crippen molar-refractivity contribution in [2.45, 2.75) is 25.9 Å². The van der Waals surface area contributed by atoms with E-state index in [-0.39, 0.29) is 11.9 Å². The van der Waals surface area contributed by atoms with Gasteiger partial charge in [0.15, 0.2) is 0 Å². The molecule has 1 unspecified atom stereocenters. The van der Waals surface area contributed by atoms with Gasteiger partial charge in [-0.2, -0.15) is 0 Å². The van der Waals surface area contributed by atoms with Crippen LogP contribution in [0.25, 0.3) is 0 Å². The summed E-state index contributed by atoms with van der Waals surface area (Å²) >= 11 is 6.09. The molecular weight excluding hydrogens is 360 g/mol. The van der Waals surface area contributed by atoms with Crippen molar-refractivity contribution in [3.8, 4) is 0 Å². The summed E-state index contributed by atoms with van der Waals surface area (Å²) in [5.41, 5.74) is 2.87. The third-order valence-electron chi connectivity index (χ3n) is 4.25. The predicted octanol–water partition coefficient (Wildman–Crippen LogP) is 2.98. The lowest BCUT2D eigenvalue weighted by atomic mass is 10.1. The normalized spacial score (nSPS) is 16.6.